The Morgan fingerprint density at radius 1 is 1.17 bits per heavy atom. The van der Waals surface area contributed by atoms with E-state index in [2.05, 4.69) is 17.0 Å². The maximum atomic E-state index is 13.0. The maximum absolute atomic E-state index is 13.0. The van der Waals surface area contributed by atoms with Crippen LogP contribution < -0.4 is 9.64 Å². The SMILES string of the molecule is CN1CC/C=C/[C@H](O)[C@@H]2CC[C@H]2CN2C[C@@]3(CCCc4cc(Cl)ccc43)COc3ccc(cc32)[C@H](C(=O)O)CC1=O. The standard InChI is InChI=1S/C33H39ClN2O5/c1-35-14-3-2-6-29(37)25-10-7-23(25)18-36-19-33(13-4-5-22-15-24(34)9-11-27(22)33)20-41-30-12-8-21(16-28(30)36)26(32(39)40)17-31(35)38/h2,6,8-9,11-12,15-16,23,25-26,29,37H,3-5,7,10,13-14,17-20H2,1H3,(H,39,40)/b6-2+/t23-,25+,26+,29-,33-/m0/s1. The van der Waals surface area contributed by atoms with Gasteiger partial charge >= 0.3 is 5.97 Å². The molecule has 2 aliphatic heterocycles. The van der Waals surface area contributed by atoms with Crippen molar-refractivity contribution >= 4 is 29.2 Å². The molecule has 4 aliphatic rings. The number of aliphatic hydroxyl groups excluding tert-OH is 1. The molecule has 2 aromatic rings. The molecule has 7 nitrogen and oxygen atoms in total. The number of hydrogen-bond donors (Lipinski definition) is 2. The van der Waals surface area contributed by atoms with E-state index in [0.29, 0.717) is 31.1 Å². The molecular weight excluding hydrogens is 540 g/mol. The Bertz CT molecular complexity index is 1360. The molecule has 2 bridgehead atoms. The summed E-state index contributed by atoms with van der Waals surface area (Å²) in [6, 6.07) is 11.8. The number of halogens is 1. The smallest absolute Gasteiger partial charge is 0.311 e. The first kappa shape index (κ1) is 28.1. The summed E-state index contributed by atoms with van der Waals surface area (Å²) < 4.78 is 6.57. The number of carbonyl (C=O) groups is 2. The van der Waals surface area contributed by atoms with Crippen LogP contribution in [0.25, 0.3) is 0 Å². The Hall–Kier alpha value is -3.03. The second kappa shape index (κ2) is 11.3. The van der Waals surface area contributed by atoms with Crippen LogP contribution in [0, 0.1) is 11.8 Å². The number of benzene rings is 2. The molecule has 0 saturated heterocycles. The van der Waals surface area contributed by atoms with Gasteiger partial charge in [-0.2, -0.15) is 0 Å². The second-order valence-electron chi connectivity index (χ2n) is 12.5. The van der Waals surface area contributed by atoms with Crippen molar-refractivity contribution in [3.05, 3.63) is 70.3 Å². The minimum absolute atomic E-state index is 0.111. The van der Waals surface area contributed by atoms with Crippen molar-refractivity contribution in [2.24, 2.45) is 11.8 Å². The first-order chi connectivity index (χ1) is 19.7. The van der Waals surface area contributed by atoms with E-state index in [1.54, 1.807) is 18.0 Å². The minimum atomic E-state index is -1.01. The van der Waals surface area contributed by atoms with Gasteiger partial charge in [0.25, 0.3) is 0 Å². The largest absolute Gasteiger partial charge is 0.490 e. The van der Waals surface area contributed by atoms with Crippen LogP contribution >= 0.6 is 11.6 Å². The van der Waals surface area contributed by atoms with E-state index in [-0.39, 0.29) is 23.7 Å². The molecule has 5 atom stereocenters. The third kappa shape index (κ3) is 5.46. The Balaban J connectivity index is 1.43. The highest BCUT2D eigenvalue weighted by Crippen LogP contribution is 2.47. The Morgan fingerprint density at radius 2 is 2.02 bits per heavy atom. The molecule has 8 heteroatoms. The highest BCUT2D eigenvalue weighted by atomic mass is 35.5. The van der Waals surface area contributed by atoms with Crippen LogP contribution in [-0.2, 0) is 21.4 Å². The fourth-order valence-electron chi connectivity index (χ4n) is 7.35. The van der Waals surface area contributed by atoms with Gasteiger partial charge in [0.15, 0.2) is 0 Å². The number of nitrogens with zero attached hydrogens (tertiary/aromatic N) is 2. The van der Waals surface area contributed by atoms with Crippen molar-refractivity contribution in [3.63, 3.8) is 0 Å². The van der Waals surface area contributed by atoms with Crippen LogP contribution in [0.1, 0.15) is 61.1 Å². The summed E-state index contributed by atoms with van der Waals surface area (Å²) in [6.45, 7) is 2.48. The van der Waals surface area contributed by atoms with Gasteiger partial charge in [-0.05, 0) is 91.3 Å². The Kier molecular flexibility index (Phi) is 7.77. The summed E-state index contributed by atoms with van der Waals surface area (Å²) in [6.07, 6.45) is 8.82. The molecule has 1 spiro atoms. The van der Waals surface area contributed by atoms with E-state index in [1.165, 1.54) is 11.1 Å². The lowest BCUT2D eigenvalue weighted by molar-refractivity contribution is -0.142. The second-order valence-corrected chi connectivity index (χ2v) is 12.9. The van der Waals surface area contributed by atoms with Crippen LogP contribution in [0.15, 0.2) is 48.6 Å². The van der Waals surface area contributed by atoms with Crippen LogP contribution in [0.5, 0.6) is 5.75 Å². The highest BCUT2D eigenvalue weighted by molar-refractivity contribution is 6.30. The molecule has 6 rings (SSSR count). The number of amides is 1. The molecule has 1 amide bonds. The number of carbonyl (C=O) groups excluding carboxylic acids is 1. The number of aliphatic carboxylic acids is 1. The third-order valence-corrected chi connectivity index (χ3v) is 10.1. The van der Waals surface area contributed by atoms with E-state index in [9.17, 15) is 19.8 Å². The zero-order chi connectivity index (χ0) is 28.7. The summed E-state index contributed by atoms with van der Waals surface area (Å²) in [5.74, 6) is -0.968. The number of hydrogen-bond acceptors (Lipinski definition) is 5. The zero-order valence-corrected chi connectivity index (χ0v) is 24.4. The first-order valence-electron chi connectivity index (χ1n) is 14.9. The third-order valence-electron chi connectivity index (χ3n) is 9.90. The summed E-state index contributed by atoms with van der Waals surface area (Å²) in [7, 11) is 1.71. The summed E-state index contributed by atoms with van der Waals surface area (Å²) in [5.41, 5.74) is 3.79. The molecule has 1 fully saturated rings. The number of aliphatic hydroxyl groups is 1. The van der Waals surface area contributed by atoms with E-state index in [1.807, 2.05) is 30.4 Å². The van der Waals surface area contributed by atoms with E-state index < -0.39 is 18.0 Å². The predicted molar refractivity (Wildman–Crippen MR) is 159 cm³/mol. The Labute approximate surface area is 246 Å². The van der Waals surface area contributed by atoms with Crippen LogP contribution in [0.4, 0.5) is 5.69 Å². The minimum Gasteiger partial charge on any atom is -0.490 e. The summed E-state index contributed by atoms with van der Waals surface area (Å²) >= 11 is 6.39. The molecule has 0 aromatic heterocycles. The van der Waals surface area contributed by atoms with Crippen molar-refractivity contribution in [1.82, 2.24) is 4.90 Å². The average molecular weight is 579 g/mol. The van der Waals surface area contributed by atoms with Crippen molar-refractivity contribution in [2.75, 3.05) is 38.2 Å². The van der Waals surface area contributed by atoms with Crippen molar-refractivity contribution in [3.8, 4) is 5.75 Å². The van der Waals surface area contributed by atoms with E-state index in [0.717, 1.165) is 61.7 Å². The van der Waals surface area contributed by atoms with Gasteiger partial charge in [0.2, 0.25) is 5.91 Å². The van der Waals surface area contributed by atoms with Crippen molar-refractivity contribution < 1.29 is 24.5 Å². The van der Waals surface area contributed by atoms with Gasteiger partial charge in [0.1, 0.15) is 5.75 Å². The van der Waals surface area contributed by atoms with Gasteiger partial charge < -0.3 is 24.7 Å². The van der Waals surface area contributed by atoms with Gasteiger partial charge in [0, 0.05) is 43.5 Å². The summed E-state index contributed by atoms with van der Waals surface area (Å²) in [4.78, 5) is 29.4. The molecule has 2 aliphatic carbocycles. The normalized spacial score (nSPS) is 30.9. The lowest BCUT2D eigenvalue weighted by atomic mass is 9.68. The fourth-order valence-corrected chi connectivity index (χ4v) is 7.55. The first-order valence-corrected chi connectivity index (χ1v) is 15.2. The van der Waals surface area contributed by atoms with Crippen molar-refractivity contribution in [2.45, 2.75) is 62.4 Å². The molecule has 41 heavy (non-hydrogen) atoms. The van der Waals surface area contributed by atoms with E-state index in [4.69, 9.17) is 16.3 Å². The van der Waals surface area contributed by atoms with Gasteiger partial charge in [-0.25, -0.2) is 0 Å². The predicted octanol–water partition coefficient (Wildman–Crippen LogP) is 5.18. The number of fused-ring (bicyclic) bond motifs is 4. The number of carboxylic acids is 1. The van der Waals surface area contributed by atoms with Crippen LogP contribution in [0.2, 0.25) is 5.02 Å². The molecule has 2 heterocycles. The fraction of sp³-hybridized carbons (Fsp3) is 0.515. The molecule has 2 aromatic carbocycles. The molecular formula is C33H39ClN2O5. The quantitative estimate of drug-likeness (QED) is 0.453. The number of rotatable bonds is 1. The highest BCUT2D eigenvalue weighted by Gasteiger charge is 2.44. The number of carboxylic acid groups (broad SMARTS) is 1. The lowest BCUT2D eigenvalue weighted by Crippen LogP contribution is -2.49. The number of aryl methyl sites for hydroxylation is 1. The molecule has 1 saturated carbocycles. The van der Waals surface area contributed by atoms with Crippen LogP contribution in [0.3, 0.4) is 0 Å². The van der Waals surface area contributed by atoms with E-state index >= 15 is 0 Å². The monoisotopic (exact) mass is 578 g/mol. The molecule has 0 unspecified atom stereocenters. The maximum Gasteiger partial charge on any atom is 0.311 e. The number of ether oxygens (including phenoxy) is 1. The van der Waals surface area contributed by atoms with Gasteiger partial charge in [-0.15, -0.1) is 0 Å². The number of anilines is 1. The summed E-state index contributed by atoms with van der Waals surface area (Å²) in [5, 5.41) is 22.0. The van der Waals surface area contributed by atoms with Crippen LogP contribution in [-0.4, -0.2) is 66.4 Å². The van der Waals surface area contributed by atoms with Crippen molar-refractivity contribution in [1.29, 1.82) is 0 Å². The molecule has 218 valence electrons. The lowest BCUT2D eigenvalue weighted by Gasteiger charge is -2.45. The van der Waals surface area contributed by atoms with Gasteiger partial charge in [-0.3, -0.25) is 9.59 Å². The zero-order valence-electron chi connectivity index (χ0n) is 23.6. The average Bonchev–Trinajstić information content (AvgIpc) is 3.08. The van der Waals surface area contributed by atoms with Gasteiger partial charge in [-0.1, -0.05) is 35.9 Å². The molecule has 2 N–H and O–H groups in total. The Morgan fingerprint density at radius 3 is 2.80 bits per heavy atom. The topological polar surface area (TPSA) is 90.3 Å². The van der Waals surface area contributed by atoms with Gasteiger partial charge in [0.05, 0.1) is 24.3 Å². The molecule has 0 radical (unpaired) electrons.